The van der Waals surface area contributed by atoms with Crippen LogP contribution in [0, 0.1) is 11.7 Å². The molecule has 21 heavy (non-hydrogen) atoms. The summed E-state index contributed by atoms with van der Waals surface area (Å²) in [4.78, 5) is 4.29. The van der Waals surface area contributed by atoms with Crippen LogP contribution < -0.4 is 11.1 Å². The summed E-state index contributed by atoms with van der Waals surface area (Å²) in [5.41, 5.74) is 7.37. The zero-order valence-corrected chi connectivity index (χ0v) is 12.8. The third-order valence-electron chi connectivity index (χ3n) is 3.99. The molecule has 0 radical (unpaired) electrons. The fourth-order valence-corrected chi connectivity index (χ4v) is 2.59. The van der Waals surface area contributed by atoms with E-state index in [4.69, 9.17) is 5.73 Å². The van der Waals surface area contributed by atoms with E-state index in [0.29, 0.717) is 22.8 Å². The van der Waals surface area contributed by atoms with Crippen LogP contribution in [-0.2, 0) is 0 Å². The second-order valence-electron chi connectivity index (χ2n) is 5.52. The van der Waals surface area contributed by atoms with Gasteiger partial charge in [0.05, 0.1) is 11.2 Å². The number of unbranched alkanes of at least 4 members (excludes halogenated alkanes) is 1. The van der Waals surface area contributed by atoms with Gasteiger partial charge in [0, 0.05) is 23.8 Å². The van der Waals surface area contributed by atoms with Crippen molar-refractivity contribution >= 4 is 22.3 Å². The molecule has 0 fully saturated rings. The topological polar surface area (TPSA) is 50.9 Å². The first kappa shape index (κ1) is 15.5. The molecule has 0 aliphatic heterocycles. The number of aromatic nitrogens is 1. The number of nitrogens with one attached hydrogen (secondary N) is 1. The highest BCUT2D eigenvalue weighted by atomic mass is 19.1. The van der Waals surface area contributed by atoms with Crippen molar-refractivity contribution in [2.45, 2.75) is 39.5 Å². The van der Waals surface area contributed by atoms with Crippen molar-refractivity contribution in [3.63, 3.8) is 0 Å². The summed E-state index contributed by atoms with van der Waals surface area (Å²) in [6, 6.07) is 5.06. The summed E-state index contributed by atoms with van der Waals surface area (Å²) in [7, 11) is 0. The van der Waals surface area contributed by atoms with E-state index in [1.807, 2.05) is 12.1 Å². The number of benzene rings is 1. The Bertz CT molecular complexity index is 598. The molecule has 3 N–H and O–H groups in total. The van der Waals surface area contributed by atoms with Gasteiger partial charge in [-0.2, -0.15) is 0 Å². The normalized spacial score (nSPS) is 12.5. The number of halogens is 1. The number of nitrogen functional groups attached to an aromatic ring is 1. The SMILES string of the molecule is CCCCC(CC)CNc1c(F)cc(N)c2cccnc12. The fourth-order valence-electron chi connectivity index (χ4n) is 2.59. The molecule has 0 aliphatic rings. The Hall–Kier alpha value is -1.84. The average Bonchev–Trinajstić information content (AvgIpc) is 2.50. The molecule has 2 rings (SSSR count). The molecular weight excluding hydrogens is 265 g/mol. The maximum absolute atomic E-state index is 14.2. The van der Waals surface area contributed by atoms with Gasteiger partial charge >= 0.3 is 0 Å². The minimum absolute atomic E-state index is 0.330. The maximum atomic E-state index is 14.2. The molecule has 1 unspecified atom stereocenters. The molecule has 0 bridgehead atoms. The minimum atomic E-state index is -0.330. The van der Waals surface area contributed by atoms with Crippen molar-refractivity contribution in [1.29, 1.82) is 0 Å². The van der Waals surface area contributed by atoms with Crippen molar-refractivity contribution in [3.8, 4) is 0 Å². The number of fused-ring (bicyclic) bond motifs is 1. The first-order valence-corrected chi connectivity index (χ1v) is 7.73. The Kier molecular flexibility index (Phi) is 5.37. The molecule has 1 aromatic heterocycles. The molecule has 1 atom stereocenters. The molecule has 3 nitrogen and oxygen atoms in total. The second kappa shape index (κ2) is 7.25. The molecule has 0 saturated carbocycles. The van der Waals surface area contributed by atoms with Gasteiger partial charge in [-0.1, -0.05) is 33.1 Å². The number of nitrogens with two attached hydrogens (primary N) is 1. The number of rotatable bonds is 7. The van der Waals surface area contributed by atoms with E-state index >= 15 is 0 Å². The highest BCUT2D eigenvalue weighted by Crippen LogP contribution is 2.30. The van der Waals surface area contributed by atoms with Gasteiger partial charge in [-0.15, -0.1) is 0 Å². The number of nitrogens with zero attached hydrogens (tertiary/aromatic N) is 1. The summed E-state index contributed by atoms with van der Waals surface area (Å²) in [5.74, 6) is 0.227. The lowest BCUT2D eigenvalue weighted by molar-refractivity contribution is 0.472. The molecule has 1 aromatic carbocycles. The number of anilines is 2. The minimum Gasteiger partial charge on any atom is -0.398 e. The van der Waals surface area contributed by atoms with E-state index in [9.17, 15) is 4.39 Å². The van der Waals surface area contributed by atoms with Gasteiger partial charge in [0.1, 0.15) is 0 Å². The molecule has 0 saturated heterocycles. The zero-order chi connectivity index (χ0) is 15.2. The van der Waals surface area contributed by atoms with Crippen molar-refractivity contribution in [2.24, 2.45) is 5.92 Å². The van der Waals surface area contributed by atoms with E-state index in [2.05, 4.69) is 24.1 Å². The summed E-state index contributed by atoms with van der Waals surface area (Å²) in [6.45, 7) is 5.14. The second-order valence-corrected chi connectivity index (χ2v) is 5.52. The van der Waals surface area contributed by atoms with Crippen molar-refractivity contribution < 1.29 is 4.39 Å². The molecule has 114 valence electrons. The Morgan fingerprint density at radius 2 is 2.19 bits per heavy atom. The van der Waals surface area contributed by atoms with E-state index in [-0.39, 0.29) is 5.82 Å². The van der Waals surface area contributed by atoms with Gasteiger partial charge in [-0.3, -0.25) is 4.98 Å². The number of pyridine rings is 1. The van der Waals surface area contributed by atoms with Crippen LogP contribution in [0.15, 0.2) is 24.4 Å². The molecule has 0 amide bonds. The van der Waals surface area contributed by atoms with Crippen LogP contribution in [0.25, 0.3) is 10.9 Å². The van der Waals surface area contributed by atoms with Crippen LogP contribution >= 0.6 is 0 Å². The summed E-state index contributed by atoms with van der Waals surface area (Å²) >= 11 is 0. The predicted molar refractivity (Wildman–Crippen MR) is 87.9 cm³/mol. The summed E-state index contributed by atoms with van der Waals surface area (Å²) in [6.07, 6.45) is 6.33. The van der Waals surface area contributed by atoms with E-state index in [0.717, 1.165) is 18.4 Å². The lowest BCUT2D eigenvalue weighted by Gasteiger charge is -2.18. The van der Waals surface area contributed by atoms with E-state index in [1.165, 1.54) is 25.3 Å². The van der Waals surface area contributed by atoms with E-state index < -0.39 is 0 Å². The van der Waals surface area contributed by atoms with E-state index in [1.54, 1.807) is 6.20 Å². The Morgan fingerprint density at radius 3 is 2.90 bits per heavy atom. The highest BCUT2D eigenvalue weighted by molar-refractivity contribution is 5.98. The first-order valence-electron chi connectivity index (χ1n) is 7.73. The monoisotopic (exact) mass is 289 g/mol. The third-order valence-corrected chi connectivity index (χ3v) is 3.99. The van der Waals surface area contributed by atoms with Gasteiger partial charge in [0.2, 0.25) is 0 Å². The Morgan fingerprint density at radius 1 is 1.38 bits per heavy atom. The largest absolute Gasteiger partial charge is 0.398 e. The number of hydrogen-bond acceptors (Lipinski definition) is 3. The van der Waals surface area contributed by atoms with Crippen LogP contribution in [-0.4, -0.2) is 11.5 Å². The summed E-state index contributed by atoms with van der Waals surface area (Å²) in [5, 5.41) is 4.04. The van der Waals surface area contributed by atoms with Crippen molar-refractivity contribution in [2.75, 3.05) is 17.6 Å². The van der Waals surface area contributed by atoms with Gasteiger partial charge in [0.15, 0.2) is 5.82 Å². The van der Waals surface area contributed by atoms with Crippen LogP contribution in [0.2, 0.25) is 0 Å². The van der Waals surface area contributed by atoms with Crippen LogP contribution in [0.1, 0.15) is 39.5 Å². The molecule has 0 aliphatic carbocycles. The standard InChI is InChI=1S/C17H24FN3/c1-3-5-7-12(4-2)11-21-17-14(18)10-15(19)13-8-6-9-20-16(13)17/h6,8-10,12,21H,3-5,7,11,19H2,1-2H3. The van der Waals surface area contributed by atoms with Crippen molar-refractivity contribution in [1.82, 2.24) is 4.98 Å². The molecule has 2 aromatic rings. The van der Waals surface area contributed by atoms with Gasteiger partial charge in [0.25, 0.3) is 0 Å². The fraction of sp³-hybridized carbons (Fsp3) is 0.471. The maximum Gasteiger partial charge on any atom is 0.150 e. The summed E-state index contributed by atoms with van der Waals surface area (Å²) < 4.78 is 14.2. The predicted octanol–water partition coefficient (Wildman–Crippen LogP) is 4.58. The molecule has 4 heteroatoms. The first-order chi connectivity index (χ1) is 10.2. The Labute approximate surface area is 125 Å². The van der Waals surface area contributed by atoms with Crippen LogP contribution in [0.5, 0.6) is 0 Å². The van der Waals surface area contributed by atoms with Crippen molar-refractivity contribution in [3.05, 3.63) is 30.2 Å². The van der Waals surface area contributed by atoms with Crippen LogP contribution in [0.3, 0.4) is 0 Å². The zero-order valence-electron chi connectivity index (χ0n) is 12.8. The molecular formula is C17H24FN3. The number of hydrogen-bond donors (Lipinski definition) is 2. The van der Waals surface area contributed by atoms with Gasteiger partial charge in [-0.05, 0) is 30.5 Å². The van der Waals surface area contributed by atoms with Gasteiger partial charge in [-0.25, -0.2) is 4.39 Å². The molecule has 0 spiro atoms. The lowest BCUT2D eigenvalue weighted by atomic mass is 9.99. The smallest absolute Gasteiger partial charge is 0.150 e. The average molecular weight is 289 g/mol. The molecule has 1 heterocycles. The van der Waals surface area contributed by atoms with Gasteiger partial charge < -0.3 is 11.1 Å². The highest BCUT2D eigenvalue weighted by Gasteiger charge is 2.13. The lowest BCUT2D eigenvalue weighted by Crippen LogP contribution is -2.15. The van der Waals surface area contributed by atoms with Crippen LogP contribution in [0.4, 0.5) is 15.8 Å². The third kappa shape index (κ3) is 3.63. The Balaban J connectivity index is 2.22. The quantitative estimate of drug-likeness (QED) is 0.733.